The van der Waals surface area contributed by atoms with Crippen LogP contribution < -0.4 is 4.74 Å². The first-order valence-corrected chi connectivity index (χ1v) is 13.9. The third-order valence-corrected chi connectivity index (χ3v) is 7.56. The van der Waals surface area contributed by atoms with Crippen molar-refractivity contribution in [1.82, 2.24) is 20.0 Å². The fraction of sp³-hybridized carbons (Fsp3) is 0.621. The molecule has 1 saturated heterocycles. The molecule has 2 aromatic rings. The number of halogens is 2. The van der Waals surface area contributed by atoms with Gasteiger partial charge in [-0.25, -0.2) is 4.89 Å². The SMILES string of the molecule is CCCCc1nnc(C(=O)N2CCC(OO)C(CN(C)C)C2)cc1-c1ccc(OC2CCCCC2)cc1.Cl.Cl. The highest BCUT2D eigenvalue weighted by Gasteiger charge is 2.34. The van der Waals surface area contributed by atoms with Crippen molar-refractivity contribution in [2.75, 3.05) is 33.7 Å². The molecule has 1 N–H and O–H groups in total. The fourth-order valence-electron chi connectivity index (χ4n) is 5.53. The molecule has 1 aliphatic heterocycles. The van der Waals surface area contributed by atoms with Crippen LogP contribution in [0.5, 0.6) is 5.75 Å². The highest BCUT2D eigenvalue weighted by molar-refractivity contribution is 5.93. The van der Waals surface area contributed by atoms with E-state index in [1.165, 1.54) is 19.3 Å². The summed E-state index contributed by atoms with van der Waals surface area (Å²) in [7, 11) is 3.96. The molecule has 8 nitrogen and oxygen atoms in total. The largest absolute Gasteiger partial charge is 0.490 e. The topological polar surface area (TPSA) is 88.0 Å². The highest BCUT2D eigenvalue weighted by Crippen LogP contribution is 2.29. The van der Waals surface area contributed by atoms with Gasteiger partial charge in [-0.2, -0.15) is 5.10 Å². The lowest BCUT2D eigenvalue weighted by atomic mass is 9.93. The third kappa shape index (κ3) is 9.02. The minimum absolute atomic E-state index is 0. The van der Waals surface area contributed by atoms with Crippen LogP contribution in [-0.4, -0.2) is 77.1 Å². The number of aromatic nitrogens is 2. The van der Waals surface area contributed by atoms with Gasteiger partial charge in [-0.3, -0.25) is 10.1 Å². The van der Waals surface area contributed by atoms with Crippen LogP contribution in [0.1, 0.15) is 74.5 Å². The number of ether oxygens (including phenoxy) is 1. The van der Waals surface area contributed by atoms with Crippen molar-refractivity contribution in [1.29, 1.82) is 0 Å². The molecule has 1 aromatic heterocycles. The van der Waals surface area contributed by atoms with E-state index < -0.39 is 0 Å². The van der Waals surface area contributed by atoms with Crippen LogP contribution in [0.25, 0.3) is 11.1 Å². The maximum Gasteiger partial charge on any atom is 0.274 e. The van der Waals surface area contributed by atoms with E-state index >= 15 is 0 Å². The molecule has 2 aliphatic rings. The average Bonchev–Trinajstić information content (AvgIpc) is 2.92. The van der Waals surface area contributed by atoms with E-state index in [4.69, 9.17) is 9.62 Å². The molecule has 0 spiro atoms. The summed E-state index contributed by atoms with van der Waals surface area (Å²) < 4.78 is 6.22. The first kappa shape index (κ1) is 33.2. The number of rotatable bonds is 10. The molecule has 218 valence electrons. The van der Waals surface area contributed by atoms with Gasteiger partial charge in [0.2, 0.25) is 0 Å². The minimum Gasteiger partial charge on any atom is -0.490 e. The van der Waals surface area contributed by atoms with Crippen molar-refractivity contribution < 1.29 is 19.7 Å². The Morgan fingerprint density at radius 2 is 1.79 bits per heavy atom. The Bertz CT molecular complexity index is 1020. The molecule has 2 unspecified atom stereocenters. The molecule has 10 heteroatoms. The summed E-state index contributed by atoms with van der Waals surface area (Å²) in [4.78, 5) is 22.1. The van der Waals surface area contributed by atoms with Crippen LogP contribution in [0.4, 0.5) is 0 Å². The van der Waals surface area contributed by atoms with E-state index in [1.54, 1.807) is 0 Å². The Labute approximate surface area is 245 Å². The first-order chi connectivity index (χ1) is 18.0. The maximum atomic E-state index is 13.5. The molecule has 1 amide bonds. The van der Waals surface area contributed by atoms with Crippen molar-refractivity contribution in [2.24, 2.45) is 5.92 Å². The molecule has 1 saturated carbocycles. The zero-order valence-electron chi connectivity index (χ0n) is 23.4. The number of piperidine rings is 1. The summed E-state index contributed by atoms with van der Waals surface area (Å²) in [6.07, 6.45) is 9.54. The van der Waals surface area contributed by atoms with Crippen molar-refractivity contribution in [2.45, 2.75) is 76.9 Å². The predicted molar refractivity (Wildman–Crippen MR) is 158 cm³/mol. The molecule has 2 fully saturated rings. The molecule has 2 atom stereocenters. The summed E-state index contributed by atoms with van der Waals surface area (Å²) in [5.74, 6) is 0.781. The first-order valence-electron chi connectivity index (χ1n) is 13.9. The van der Waals surface area contributed by atoms with Gasteiger partial charge in [0.25, 0.3) is 5.91 Å². The van der Waals surface area contributed by atoms with Gasteiger partial charge in [0, 0.05) is 31.1 Å². The summed E-state index contributed by atoms with van der Waals surface area (Å²) in [5.41, 5.74) is 3.24. The Hall–Kier alpha value is -1.97. The number of nitrogens with zero attached hydrogens (tertiary/aromatic N) is 4. The number of amides is 1. The zero-order valence-corrected chi connectivity index (χ0v) is 25.0. The number of unbranched alkanes of at least 4 members (excludes halogenated alkanes) is 1. The van der Waals surface area contributed by atoms with Crippen LogP contribution >= 0.6 is 24.8 Å². The Balaban J connectivity index is 0.00000267. The number of benzene rings is 1. The van der Waals surface area contributed by atoms with Crippen molar-refractivity contribution >= 4 is 30.7 Å². The van der Waals surface area contributed by atoms with Gasteiger partial charge in [0.05, 0.1) is 11.8 Å². The molecule has 1 aliphatic carbocycles. The number of hydrogen-bond acceptors (Lipinski definition) is 7. The summed E-state index contributed by atoms with van der Waals surface area (Å²) >= 11 is 0. The second-order valence-electron chi connectivity index (χ2n) is 10.8. The zero-order chi connectivity index (χ0) is 26.2. The summed E-state index contributed by atoms with van der Waals surface area (Å²) in [6.45, 7) is 3.89. The van der Waals surface area contributed by atoms with Crippen molar-refractivity contribution in [3.05, 3.63) is 41.7 Å². The van der Waals surface area contributed by atoms with E-state index in [9.17, 15) is 10.1 Å². The molecular formula is C29H44Cl2N4O4. The monoisotopic (exact) mass is 582 g/mol. The van der Waals surface area contributed by atoms with E-state index in [1.807, 2.05) is 42.1 Å². The van der Waals surface area contributed by atoms with E-state index in [-0.39, 0.29) is 42.7 Å². The van der Waals surface area contributed by atoms with Crippen LogP contribution in [0, 0.1) is 5.92 Å². The van der Waals surface area contributed by atoms with Gasteiger partial charge < -0.3 is 14.5 Å². The minimum atomic E-state index is -0.279. The lowest BCUT2D eigenvalue weighted by Crippen LogP contribution is -2.49. The van der Waals surface area contributed by atoms with Crippen LogP contribution in [0.15, 0.2) is 30.3 Å². The van der Waals surface area contributed by atoms with Gasteiger partial charge in [0.1, 0.15) is 11.9 Å². The summed E-state index contributed by atoms with van der Waals surface area (Å²) in [5, 5.41) is 18.2. The Morgan fingerprint density at radius 3 is 2.44 bits per heavy atom. The quantitative estimate of drug-likeness (QED) is 0.274. The van der Waals surface area contributed by atoms with Crippen molar-refractivity contribution in [3.8, 4) is 16.9 Å². The fourth-order valence-corrected chi connectivity index (χ4v) is 5.53. The van der Waals surface area contributed by atoms with Gasteiger partial charge in [-0.15, -0.1) is 29.9 Å². The van der Waals surface area contributed by atoms with Gasteiger partial charge in [0.15, 0.2) is 5.69 Å². The van der Waals surface area contributed by atoms with Crippen molar-refractivity contribution in [3.63, 3.8) is 0 Å². The van der Waals surface area contributed by atoms with E-state index in [2.05, 4.69) is 29.3 Å². The average molecular weight is 584 g/mol. The number of hydrogen-bond donors (Lipinski definition) is 1. The molecule has 39 heavy (non-hydrogen) atoms. The number of aryl methyl sites for hydroxylation is 1. The van der Waals surface area contributed by atoms with Crippen LogP contribution in [-0.2, 0) is 11.3 Å². The maximum absolute atomic E-state index is 13.5. The van der Waals surface area contributed by atoms with Crippen LogP contribution in [0.2, 0.25) is 0 Å². The predicted octanol–water partition coefficient (Wildman–Crippen LogP) is 5.92. The smallest absolute Gasteiger partial charge is 0.274 e. The molecule has 2 heterocycles. The molecule has 4 rings (SSSR count). The van der Waals surface area contributed by atoms with Crippen LogP contribution in [0.3, 0.4) is 0 Å². The summed E-state index contributed by atoms with van der Waals surface area (Å²) in [6, 6.07) is 10.1. The second kappa shape index (κ2) is 16.3. The molecule has 0 radical (unpaired) electrons. The number of carbonyl (C=O) groups excluding carboxylic acids is 1. The molecular weight excluding hydrogens is 539 g/mol. The normalized spacial score (nSPS) is 19.8. The highest BCUT2D eigenvalue weighted by atomic mass is 35.5. The lowest BCUT2D eigenvalue weighted by molar-refractivity contribution is -0.297. The standard InChI is InChI=1S/C29H42N4O4.2ClH/c1-4-5-11-26-25(21-12-14-24(15-13-21)36-23-9-7-6-8-10-23)18-27(31-30-26)29(34)33-17-16-28(37-35)22(20-33)19-32(2)3;;/h12-15,18,22-23,28,35H,4-11,16-17,19-20H2,1-3H3;2*1H. The van der Waals surface area contributed by atoms with Gasteiger partial charge in [-0.05, 0) is 82.8 Å². The Morgan fingerprint density at radius 1 is 1.08 bits per heavy atom. The number of carbonyl (C=O) groups is 1. The lowest BCUT2D eigenvalue weighted by Gasteiger charge is -2.37. The molecule has 0 bridgehead atoms. The number of likely N-dealkylation sites (tertiary alicyclic amines) is 1. The third-order valence-electron chi connectivity index (χ3n) is 7.56. The van der Waals surface area contributed by atoms with Gasteiger partial charge in [-0.1, -0.05) is 31.9 Å². The van der Waals surface area contributed by atoms with Gasteiger partial charge >= 0.3 is 0 Å². The second-order valence-corrected chi connectivity index (χ2v) is 10.8. The molecule has 1 aromatic carbocycles. The Kier molecular flexibility index (Phi) is 13.9. The van der Waals surface area contributed by atoms with E-state index in [0.29, 0.717) is 31.3 Å². The van der Waals surface area contributed by atoms with E-state index in [0.717, 1.165) is 61.2 Å².